The molecule has 18 heavy (non-hydrogen) atoms. The molecule has 0 saturated heterocycles. The number of aryl methyl sites for hydroxylation is 2. The van der Waals surface area contributed by atoms with Gasteiger partial charge in [-0.1, -0.05) is 0 Å². The molecule has 0 unspecified atom stereocenters. The molecular weight excluding hydrogens is 299 g/mol. The highest BCUT2D eigenvalue weighted by Gasteiger charge is 2.04. The summed E-state index contributed by atoms with van der Waals surface area (Å²) >= 11 is 3.17. The molecule has 2 heterocycles. The minimum absolute atomic E-state index is 0.294. The standard InChI is InChI=1S/C12H14BrFN4/c1-8-9(6-17-18-8)3-2-4-15-12-11(14)5-10(13)7-16-12/h5-7H,2-4H2,1H3,(H,15,16)(H,17,18). The van der Waals surface area contributed by atoms with Gasteiger partial charge in [-0.25, -0.2) is 9.37 Å². The number of hydrogen-bond acceptors (Lipinski definition) is 3. The van der Waals surface area contributed by atoms with Gasteiger partial charge in [0, 0.05) is 22.9 Å². The van der Waals surface area contributed by atoms with Crippen molar-refractivity contribution < 1.29 is 4.39 Å². The van der Waals surface area contributed by atoms with E-state index in [-0.39, 0.29) is 5.82 Å². The molecule has 0 amide bonds. The van der Waals surface area contributed by atoms with E-state index in [1.807, 2.05) is 13.1 Å². The lowest BCUT2D eigenvalue weighted by Gasteiger charge is -2.06. The smallest absolute Gasteiger partial charge is 0.166 e. The summed E-state index contributed by atoms with van der Waals surface area (Å²) in [5.74, 6) is -0.0500. The van der Waals surface area contributed by atoms with Gasteiger partial charge >= 0.3 is 0 Å². The summed E-state index contributed by atoms with van der Waals surface area (Å²) < 4.78 is 14.1. The van der Waals surface area contributed by atoms with Crippen LogP contribution in [0.5, 0.6) is 0 Å². The molecule has 0 aromatic carbocycles. The number of halogens is 2. The van der Waals surface area contributed by atoms with Crippen LogP contribution in [0.15, 0.2) is 22.9 Å². The largest absolute Gasteiger partial charge is 0.368 e. The number of pyridine rings is 1. The molecule has 0 atom stereocenters. The van der Waals surface area contributed by atoms with Gasteiger partial charge in [0.25, 0.3) is 0 Å². The Morgan fingerprint density at radius 2 is 2.28 bits per heavy atom. The fourth-order valence-corrected chi connectivity index (χ4v) is 1.96. The average Bonchev–Trinajstić information content (AvgIpc) is 2.73. The van der Waals surface area contributed by atoms with Gasteiger partial charge in [0.05, 0.1) is 6.20 Å². The van der Waals surface area contributed by atoms with Crippen molar-refractivity contribution in [2.75, 3.05) is 11.9 Å². The summed E-state index contributed by atoms with van der Waals surface area (Å²) in [4.78, 5) is 3.98. The lowest BCUT2D eigenvalue weighted by molar-refractivity contribution is 0.622. The maximum absolute atomic E-state index is 13.4. The van der Waals surface area contributed by atoms with Crippen LogP contribution in [0.2, 0.25) is 0 Å². The number of hydrogen-bond donors (Lipinski definition) is 2. The van der Waals surface area contributed by atoms with E-state index in [1.54, 1.807) is 6.20 Å². The van der Waals surface area contributed by atoms with E-state index in [1.165, 1.54) is 11.6 Å². The minimum Gasteiger partial charge on any atom is -0.368 e. The summed E-state index contributed by atoms with van der Waals surface area (Å²) in [6.07, 6.45) is 5.21. The summed E-state index contributed by atoms with van der Waals surface area (Å²) in [6, 6.07) is 1.40. The number of aromatic nitrogens is 3. The van der Waals surface area contributed by atoms with E-state index in [4.69, 9.17) is 0 Å². The van der Waals surface area contributed by atoms with E-state index >= 15 is 0 Å². The molecule has 0 aliphatic heterocycles. The Hall–Kier alpha value is -1.43. The molecule has 0 fully saturated rings. The van der Waals surface area contributed by atoms with Crippen molar-refractivity contribution in [3.05, 3.63) is 40.0 Å². The van der Waals surface area contributed by atoms with E-state index in [2.05, 4.69) is 36.4 Å². The van der Waals surface area contributed by atoms with Crippen molar-refractivity contribution in [1.82, 2.24) is 15.2 Å². The van der Waals surface area contributed by atoms with Crippen LogP contribution in [-0.4, -0.2) is 21.7 Å². The highest BCUT2D eigenvalue weighted by Crippen LogP contribution is 2.16. The van der Waals surface area contributed by atoms with Crippen LogP contribution in [0, 0.1) is 12.7 Å². The first-order valence-corrected chi connectivity index (χ1v) is 6.50. The fourth-order valence-electron chi connectivity index (χ4n) is 1.66. The van der Waals surface area contributed by atoms with Crippen LogP contribution in [0.25, 0.3) is 0 Å². The summed E-state index contributed by atoms with van der Waals surface area (Å²) in [6.45, 7) is 2.67. The minimum atomic E-state index is -0.344. The van der Waals surface area contributed by atoms with Crippen LogP contribution < -0.4 is 5.32 Å². The molecule has 96 valence electrons. The second-order valence-corrected chi connectivity index (χ2v) is 4.95. The van der Waals surface area contributed by atoms with Gasteiger partial charge in [-0.3, -0.25) is 5.10 Å². The Bertz CT molecular complexity index is 527. The number of aromatic amines is 1. The summed E-state index contributed by atoms with van der Waals surface area (Å²) in [5.41, 5.74) is 2.28. The Kier molecular flexibility index (Phi) is 4.30. The average molecular weight is 313 g/mol. The fraction of sp³-hybridized carbons (Fsp3) is 0.333. The van der Waals surface area contributed by atoms with Crippen molar-refractivity contribution in [2.45, 2.75) is 19.8 Å². The molecule has 0 aliphatic rings. The molecule has 0 aliphatic carbocycles. The number of nitrogens with zero attached hydrogens (tertiary/aromatic N) is 2. The van der Waals surface area contributed by atoms with Gasteiger partial charge in [0.15, 0.2) is 11.6 Å². The van der Waals surface area contributed by atoms with Gasteiger partial charge in [-0.15, -0.1) is 0 Å². The summed E-state index contributed by atoms with van der Waals surface area (Å²) in [7, 11) is 0. The zero-order chi connectivity index (χ0) is 13.0. The van der Waals surface area contributed by atoms with E-state index in [0.717, 1.165) is 18.5 Å². The molecule has 2 rings (SSSR count). The first kappa shape index (κ1) is 13.0. The Morgan fingerprint density at radius 1 is 1.44 bits per heavy atom. The zero-order valence-corrected chi connectivity index (χ0v) is 11.6. The van der Waals surface area contributed by atoms with Crippen LogP contribution >= 0.6 is 15.9 Å². The van der Waals surface area contributed by atoms with Crippen LogP contribution in [0.4, 0.5) is 10.2 Å². The Balaban J connectivity index is 1.80. The van der Waals surface area contributed by atoms with E-state index in [0.29, 0.717) is 16.8 Å². The predicted octanol–water partition coefficient (Wildman–Crippen LogP) is 3.06. The normalized spacial score (nSPS) is 10.6. The number of rotatable bonds is 5. The molecule has 6 heteroatoms. The Morgan fingerprint density at radius 3 is 2.94 bits per heavy atom. The number of nitrogens with one attached hydrogen (secondary N) is 2. The lowest BCUT2D eigenvalue weighted by atomic mass is 10.1. The maximum atomic E-state index is 13.4. The molecule has 2 aromatic rings. The first-order valence-electron chi connectivity index (χ1n) is 5.70. The molecule has 0 saturated carbocycles. The second kappa shape index (κ2) is 5.95. The molecule has 4 nitrogen and oxygen atoms in total. The van der Waals surface area contributed by atoms with Crippen molar-refractivity contribution in [3.63, 3.8) is 0 Å². The van der Waals surface area contributed by atoms with Crippen molar-refractivity contribution in [2.24, 2.45) is 0 Å². The third kappa shape index (κ3) is 3.29. The topological polar surface area (TPSA) is 53.6 Å². The van der Waals surface area contributed by atoms with Crippen molar-refractivity contribution in [1.29, 1.82) is 0 Å². The summed E-state index contributed by atoms with van der Waals surface area (Å²) in [5, 5.41) is 9.84. The van der Waals surface area contributed by atoms with Crippen LogP contribution in [-0.2, 0) is 6.42 Å². The van der Waals surface area contributed by atoms with Crippen LogP contribution in [0.1, 0.15) is 17.7 Å². The number of H-pyrrole nitrogens is 1. The molecule has 0 spiro atoms. The lowest BCUT2D eigenvalue weighted by Crippen LogP contribution is -2.06. The second-order valence-electron chi connectivity index (χ2n) is 4.03. The van der Waals surface area contributed by atoms with E-state index in [9.17, 15) is 4.39 Å². The quantitative estimate of drug-likeness (QED) is 0.834. The van der Waals surface area contributed by atoms with E-state index < -0.39 is 0 Å². The SMILES string of the molecule is Cc1[nH]ncc1CCCNc1ncc(Br)cc1F. The Labute approximate surface area is 113 Å². The molecule has 0 bridgehead atoms. The number of anilines is 1. The van der Waals surface area contributed by atoms with Crippen molar-refractivity contribution >= 4 is 21.7 Å². The third-order valence-corrected chi connectivity index (χ3v) is 3.09. The highest BCUT2D eigenvalue weighted by atomic mass is 79.9. The van der Waals surface area contributed by atoms with Gasteiger partial charge in [0.2, 0.25) is 0 Å². The van der Waals surface area contributed by atoms with Gasteiger partial charge < -0.3 is 5.32 Å². The highest BCUT2D eigenvalue weighted by molar-refractivity contribution is 9.10. The van der Waals surface area contributed by atoms with Gasteiger partial charge in [-0.2, -0.15) is 5.10 Å². The molecular formula is C12H14BrFN4. The molecule has 2 aromatic heterocycles. The predicted molar refractivity (Wildman–Crippen MR) is 72.0 cm³/mol. The van der Waals surface area contributed by atoms with Crippen molar-refractivity contribution in [3.8, 4) is 0 Å². The maximum Gasteiger partial charge on any atom is 0.166 e. The third-order valence-electron chi connectivity index (χ3n) is 2.66. The van der Waals surface area contributed by atoms with Gasteiger partial charge in [0.1, 0.15) is 0 Å². The first-order chi connectivity index (χ1) is 8.66. The van der Waals surface area contributed by atoms with Crippen LogP contribution in [0.3, 0.4) is 0 Å². The molecule has 2 N–H and O–H groups in total. The monoisotopic (exact) mass is 312 g/mol. The van der Waals surface area contributed by atoms with Gasteiger partial charge in [-0.05, 0) is 47.3 Å². The molecule has 0 radical (unpaired) electrons. The zero-order valence-electron chi connectivity index (χ0n) is 10.0.